The first-order valence-corrected chi connectivity index (χ1v) is 6.09. The zero-order chi connectivity index (χ0) is 13.3. The highest BCUT2D eigenvalue weighted by Gasteiger charge is 2.12. The van der Waals surface area contributed by atoms with Crippen LogP contribution in [0.25, 0.3) is 11.1 Å². The summed E-state index contributed by atoms with van der Waals surface area (Å²) in [5, 5.41) is 0. The van der Waals surface area contributed by atoms with Crippen molar-refractivity contribution in [2.45, 2.75) is 27.3 Å². The van der Waals surface area contributed by atoms with Crippen molar-refractivity contribution in [1.82, 2.24) is 0 Å². The van der Waals surface area contributed by atoms with E-state index in [0.29, 0.717) is 12.1 Å². The van der Waals surface area contributed by atoms with Crippen molar-refractivity contribution in [2.24, 2.45) is 5.73 Å². The molecule has 0 aliphatic heterocycles. The molecule has 2 N–H and O–H groups in total. The van der Waals surface area contributed by atoms with Gasteiger partial charge in [0, 0.05) is 12.1 Å². The molecule has 0 amide bonds. The number of hydrogen-bond acceptors (Lipinski definition) is 1. The van der Waals surface area contributed by atoms with Gasteiger partial charge in [0.1, 0.15) is 5.82 Å². The second kappa shape index (κ2) is 4.91. The molecule has 0 atom stereocenters. The normalized spacial score (nSPS) is 10.7. The maximum atomic E-state index is 14.2. The first-order valence-electron chi connectivity index (χ1n) is 6.09. The van der Waals surface area contributed by atoms with Crippen LogP contribution in [0, 0.1) is 26.6 Å². The second-order valence-electron chi connectivity index (χ2n) is 4.79. The Balaban J connectivity index is 2.68. The number of hydrogen-bond donors (Lipinski definition) is 1. The molecule has 2 aromatic rings. The van der Waals surface area contributed by atoms with Crippen molar-refractivity contribution in [2.75, 3.05) is 0 Å². The summed E-state index contributed by atoms with van der Waals surface area (Å²) in [6.07, 6.45) is 0. The Kier molecular flexibility index (Phi) is 3.48. The lowest BCUT2D eigenvalue weighted by Crippen LogP contribution is -1.99. The van der Waals surface area contributed by atoms with Crippen LogP contribution >= 0.6 is 0 Å². The summed E-state index contributed by atoms with van der Waals surface area (Å²) >= 11 is 0. The Morgan fingerprint density at radius 3 is 2.33 bits per heavy atom. The Hall–Kier alpha value is -1.67. The number of benzene rings is 2. The maximum Gasteiger partial charge on any atom is 0.131 e. The molecule has 0 fully saturated rings. The molecule has 0 saturated carbocycles. The highest BCUT2D eigenvalue weighted by atomic mass is 19.1. The monoisotopic (exact) mass is 243 g/mol. The fourth-order valence-corrected chi connectivity index (χ4v) is 2.32. The molecule has 0 radical (unpaired) electrons. The molecule has 0 unspecified atom stereocenters. The Labute approximate surface area is 107 Å². The second-order valence-corrected chi connectivity index (χ2v) is 4.79. The summed E-state index contributed by atoms with van der Waals surface area (Å²) in [5.41, 5.74) is 11.3. The predicted octanol–water partition coefficient (Wildman–Crippen LogP) is 3.88. The summed E-state index contributed by atoms with van der Waals surface area (Å²) < 4.78 is 14.2. The van der Waals surface area contributed by atoms with Crippen LogP contribution in [-0.2, 0) is 6.54 Å². The molecular formula is C16H18FN. The molecule has 2 rings (SSSR count). The van der Waals surface area contributed by atoms with Gasteiger partial charge >= 0.3 is 0 Å². The van der Waals surface area contributed by atoms with Crippen molar-refractivity contribution in [1.29, 1.82) is 0 Å². The molecule has 1 nitrogen and oxygen atoms in total. The van der Waals surface area contributed by atoms with Crippen molar-refractivity contribution < 1.29 is 4.39 Å². The van der Waals surface area contributed by atoms with E-state index in [-0.39, 0.29) is 5.82 Å². The standard InChI is InChI=1S/C16H18FN/c1-10-6-12(3)16(15(17)7-10)14-8-13(9-18)5-4-11(14)2/h4-8H,9,18H2,1-3H3. The predicted molar refractivity (Wildman–Crippen MR) is 73.9 cm³/mol. The molecule has 0 heterocycles. The van der Waals surface area contributed by atoms with Gasteiger partial charge in [0.05, 0.1) is 0 Å². The molecule has 18 heavy (non-hydrogen) atoms. The number of rotatable bonds is 2. The lowest BCUT2D eigenvalue weighted by molar-refractivity contribution is 0.629. The van der Waals surface area contributed by atoms with E-state index in [1.54, 1.807) is 6.07 Å². The minimum atomic E-state index is -0.162. The molecule has 2 aromatic carbocycles. The third-order valence-corrected chi connectivity index (χ3v) is 3.24. The molecular weight excluding hydrogens is 225 g/mol. The van der Waals surface area contributed by atoms with Crippen molar-refractivity contribution >= 4 is 0 Å². The Morgan fingerprint density at radius 2 is 1.72 bits per heavy atom. The fourth-order valence-electron chi connectivity index (χ4n) is 2.32. The smallest absolute Gasteiger partial charge is 0.131 e. The first-order chi connectivity index (χ1) is 8.52. The fraction of sp³-hybridized carbons (Fsp3) is 0.250. The summed E-state index contributed by atoms with van der Waals surface area (Å²) in [7, 11) is 0. The summed E-state index contributed by atoms with van der Waals surface area (Å²) in [4.78, 5) is 0. The van der Waals surface area contributed by atoms with Crippen LogP contribution in [-0.4, -0.2) is 0 Å². The maximum absolute atomic E-state index is 14.2. The lowest BCUT2D eigenvalue weighted by atomic mass is 9.93. The van der Waals surface area contributed by atoms with Gasteiger partial charge in [-0.2, -0.15) is 0 Å². The lowest BCUT2D eigenvalue weighted by Gasteiger charge is -2.13. The van der Waals surface area contributed by atoms with Crippen LogP contribution in [0.4, 0.5) is 4.39 Å². The van der Waals surface area contributed by atoms with Crippen molar-refractivity contribution in [3.63, 3.8) is 0 Å². The van der Waals surface area contributed by atoms with E-state index in [2.05, 4.69) is 0 Å². The summed E-state index contributed by atoms with van der Waals surface area (Å²) in [6, 6.07) is 9.55. The van der Waals surface area contributed by atoms with Crippen LogP contribution in [0.2, 0.25) is 0 Å². The third-order valence-electron chi connectivity index (χ3n) is 3.24. The molecule has 0 aromatic heterocycles. The average Bonchev–Trinajstić information content (AvgIpc) is 2.30. The van der Waals surface area contributed by atoms with Crippen LogP contribution in [0.5, 0.6) is 0 Å². The van der Waals surface area contributed by atoms with E-state index in [4.69, 9.17) is 5.73 Å². The Morgan fingerprint density at radius 1 is 1.00 bits per heavy atom. The summed E-state index contributed by atoms with van der Waals surface area (Å²) in [6.45, 7) is 6.32. The van der Waals surface area contributed by atoms with Crippen LogP contribution < -0.4 is 5.73 Å². The van der Waals surface area contributed by atoms with Crippen molar-refractivity contribution in [3.8, 4) is 11.1 Å². The highest BCUT2D eigenvalue weighted by Crippen LogP contribution is 2.31. The molecule has 94 valence electrons. The SMILES string of the molecule is Cc1cc(C)c(-c2cc(CN)ccc2C)c(F)c1. The zero-order valence-electron chi connectivity index (χ0n) is 11.0. The Bertz CT molecular complexity index is 565. The van der Waals surface area contributed by atoms with E-state index in [1.807, 2.05) is 45.0 Å². The van der Waals surface area contributed by atoms with Crippen LogP contribution in [0.15, 0.2) is 30.3 Å². The average molecular weight is 243 g/mol. The molecule has 0 aliphatic rings. The van der Waals surface area contributed by atoms with Gasteiger partial charge in [0.15, 0.2) is 0 Å². The minimum absolute atomic E-state index is 0.162. The largest absolute Gasteiger partial charge is 0.326 e. The van der Waals surface area contributed by atoms with E-state index in [0.717, 1.165) is 27.8 Å². The van der Waals surface area contributed by atoms with Gasteiger partial charge in [-0.1, -0.05) is 18.2 Å². The van der Waals surface area contributed by atoms with Gasteiger partial charge in [0.2, 0.25) is 0 Å². The molecule has 0 bridgehead atoms. The quantitative estimate of drug-likeness (QED) is 0.851. The molecule has 0 spiro atoms. The van der Waals surface area contributed by atoms with Gasteiger partial charge in [0.25, 0.3) is 0 Å². The minimum Gasteiger partial charge on any atom is -0.326 e. The van der Waals surface area contributed by atoms with E-state index < -0.39 is 0 Å². The highest BCUT2D eigenvalue weighted by molar-refractivity contribution is 5.72. The molecule has 2 heteroatoms. The number of nitrogens with two attached hydrogens (primary N) is 1. The van der Waals surface area contributed by atoms with E-state index in [1.165, 1.54) is 0 Å². The van der Waals surface area contributed by atoms with E-state index in [9.17, 15) is 4.39 Å². The zero-order valence-corrected chi connectivity index (χ0v) is 11.0. The van der Waals surface area contributed by atoms with Crippen LogP contribution in [0.1, 0.15) is 22.3 Å². The van der Waals surface area contributed by atoms with Crippen molar-refractivity contribution in [3.05, 3.63) is 58.4 Å². The topological polar surface area (TPSA) is 26.0 Å². The van der Waals surface area contributed by atoms with Gasteiger partial charge in [-0.05, 0) is 60.7 Å². The molecule has 0 aliphatic carbocycles. The number of aryl methyl sites for hydroxylation is 3. The van der Waals surface area contributed by atoms with E-state index >= 15 is 0 Å². The number of halogens is 1. The molecule has 0 saturated heterocycles. The van der Waals surface area contributed by atoms with Gasteiger partial charge < -0.3 is 5.73 Å². The van der Waals surface area contributed by atoms with Gasteiger partial charge in [-0.25, -0.2) is 4.39 Å². The first kappa shape index (κ1) is 12.8. The van der Waals surface area contributed by atoms with Crippen LogP contribution in [0.3, 0.4) is 0 Å². The van der Waals surface area contributed by atoms with Gasteiger partial charge in [-0.3, -0.25) is 0 Å². The third kappa shape index (κ3) is 2.29. The summed E-state index contributed by atoms with van der Waals surface area (Å²) in [5.74, 6) is -0.162. The van der Waals surface area contributed by atoms with Gasteiger partial charge in [-0.15, -0.1) is 0 Å².